The zero-order valence-corrected chi connectivity index (χ0v) is 23.3. The van der Waals surface area contributed by atoms with Crippen molar-refractivity contribution in [1.29, 1.82) is 0 Å². The highest BCUT2D eigenvalue weighted by Crippen LogP contribution is 2.37. The molecule has 12 heteroatoms. The van der Waals surface area contributed by atoms with E-state index in [9.17, 15) is 13.6 Å². The number of ether oxygens (including phenoxy) is 2. The van der Waals surface area contributed by atoms with Gasteiger partial charge in [-0.3, -0.25) is 9.20 Å². The van der Waals surface area contributed by atoms with E-state index in [1.54, 1.807) is 28.6 Å². The van der Waals surface area contributed by atoms with Gasteiger partial charge in [0.05, 0.1) is 21.8 Å². The molecule has 2 aromatic heterocycles. The molecule has 1 N–H and O–H groups in total. The van der Waals surface area contributed by atoms with Crippen LogP contribution in [-0.2, 0) is 14.8 Å². The van der Waals surface area contributed by atoms with E-state index in [-0.39, 0.29) is 24.5 Å². The number of carbonyl (C=O) groups excluding carboxylic acids is 1. The van der Waals surface area contributed by atoms with E-state index in [0.29, 0.717) is 39.4 Å². The number of pyridine rings is 1. The maximum absolute atomic E-state index is 13.3. The molecular formula is C27H29N5O5S2. The Hall–Kier alpha value is -3.19. The summed E-state index contributed by atoms with van der Waals surface area (Å²) in [5, 5.41) is 10.2. The first-order chi connectivity index (χ1) is 18.8. The second-order valence-corrected chi connectivity index (χ2v) is 12.6. The fraction of sp³-hybridized carbons (Fsp3) is 0.370. The number of hydrogen-bond acceptors (Lipinski definition) is 7. The van der Waals surface area contributed by atoms with Crippen molar-refractivity contribution in [2.24, 2.45) is 4.99 Å². The van der Waals surface area contributed by atoms with E-state index in [2.05, 4.69) is 15.2 Å². The Kier molecular flexibility index (Phi) is 6.96. The Balaban J connectivity index is 1.20. The average Bonchev–Trinajstić information content (AvgIpc) is 3.58. The summed E-state index contributed by atoms with van der Waals surface area (Å²) in [7, 11) is -3.34. The van der Waals surface area contributed by atoms with Gasteiger partial charge >= 0.3 is 0 Å². The van der Waals surface area contributed by atoms with E-state index in [0.717, 1.165) is 42.1 Å². The number of benzene rings is 1. The number of piperidine rings is 1. The predicted molar refractivity (Wildman–Crippen MR) is 153 cm³/mol. The van der Waals surface area contributed by atoms with Crippen LogP contribution in [0.15, 0.2) is 52.7 Å². The third-order valence-electron chi connectivity index (χ3n) is 7.21. The minimum atomic E-state index is -3.34. The van der Waals surface area contributed by atoms with Crippen molar-refractivity contribution in [3.63, 3.8) is 0 Å². The van der Waals surface area contributed by atoms with Crippen LogP contribution < -0.4 is 9.47 Å². The van der Waals surface area contributed by atoms with E-state index in [1.807, 2.05) is 36.4 Å². The highest BCUT2D eigenvalue weighted by molar-refractivity contribution is 7.99. The van der Waals surface area contributed by atoms with Gasteiger partial charge in [-0.15, -0.1) is 10.2 Å². The van der Waals surface area contributed by atoms with Gasteiger partial charge in [-0.25, -0.2) is 13.5 Å². The number of fused-ring (bicyclic) bond motifs is 4. The average molecular weight is 568 g/mol. The molecule has 0 radical (unpaired) electrons. The number of thioether (sulfide) groups is 1. The van der Waals surface area contributed by atoms with Crippen molar-refractivity contribution in [2.45, 2.75) is 50.7 Å². The standard InChI is InChI=1S/C27H29N5O5S2/c1-3-20-6-4-5-11-31(20)39(34,35)21-9-7-19(8-10-21)28-25(33)15-38-27-30-29-26-17(2)12-18-13-23-24(37-16-36-23)14-22(18)32(26)27/h7-10,12-14,20H,3-6,11,15-16H2,1-2H3,(H,34,35)/t20-/m1/s1. The van der Waals surface area contributed by atoms with Gasteiger partial charge in [0.25, 0.3) is 5.91 Å². The number of nitrogens with zero attached hydrogens (tertiary/aromatic N) is 5. The van der Waals surface area contributed by atoms with E-state index < -0.39 is 9.99 Å². The van der Waals surface area contributed by atoms with Crippen molar-refractivity contribution < 1.29 is 23.0 Å². The molecule has 1 aromatic carbocycles. The van der Waals surface area contributed by atoms with Gasteiger partial charge in [0.2, 0.25) is 6.79 Å². The van der Waals surface area contributed by atoms with Gasteiger partial charge in [-0.1, -0.05) is 25.1 Å². The van der Waals surface area contributed by atoms with Crippen LogP contribution in [0.1, 0.15) is 38.2 Å². The fourth-order valence-electron chi connectivity index (χ4n) is 5.23. The quantitative estimate of drug-likeness (QED) is 0.360. The van der Waals surface area contributed by atoms with E-state index in [4.69, 9.17) is 9.47 Å². The lowest BCUT2D eigenvalue weighted by Gasteiger charge is -2.35. The molecule has 10 nitrogen and oxygen atoms in total. The van der Waals surface area contributed by atoms with Crippen molar-refractivity contribution in [2.75, 3.05) is 19.1 Å². The van der Waals surface area contributed by atoms with Gasteiger partial charge in [-0.2, -0.15) is 0 Å². The number of aryl methyl sites for hydroxylation is 1. The molecule has 0 saturated carbocycles. The molecule has 204 valence electrons. The van der Waals surface area contributed by atoms with Crippen LogP contribution in [0.3, 0.4) is 0 Å². The van der Waals surface area contributed by atoms with Crippen molar-refractivity contribution in [3.8, 4) is 11.5 Å². The van der Waals surface area contributed by atoms with E-state index in [1.165, 1.54) is 11.8 Å². The summed E-state index contributed by atoms with van der Waals surface area (Å²) in [4.78, 5) is 17.3. The molecule has 1 unspecified atom stereocenters. The summed E-state index contributed by atoms with van der Waals surface area (Å²) in [6, 6.07) is 5.95. The van der Waals surface area contributed by atoms with Crippen molar-refractivity contribution >= 4 is 54.8 Å². The van der Waals surface area contributed by atoms with Gasteiger partial charge < -0.3 is 14.0 Å². The lowest BCUT2D eigenvalue weighted by atomic mass is 10.0. The topological polar surface area (TPSA) is 119 Å². The van der Waals surface area contributed by atoms with Crippen LogP contribution in [-0.4, -0.2) is 69.3 Å². The fourth-order valence-corrected chi connectivity index (χ4v) is 7.76. The zero-order valence-electron chi connectivity index (χ0n) is 21.7. The number of carbonyl (C=O) groups is 1. The molecule has 3 aromatic rings. The zero-order chi connectivity index (χ0) is 27.1. The van der Waals surface area contributed by atoms with E-state index >= 15 is 0 Å². The Morgan fingerprint density at radius 3 is 2.69 bits per heavy atom. The second-order valence-electron chi connectivity index (χ2n) is 9.72. The lowest BCUT2D eigenvalue weighted by Crippen LogP contribution is -2.45. The highest BCUT2D eigenvalue weighted by Gasteiger charge is 2.29. The normalized spacial score (nSPS) is 20.6. The molecule has 1 saturated heterocycles. The molecule has 39 heavy (non-hydrogen) atoms. The van der Waals surface area contributed by atoms with Gasteiger partial charge in [0.1, 0.15) is 0 Å². The number of aliphatic imine (C=N–C) groups is 1. The maximum atomic E-state index is 13.3. The smallest absolute Gasteiger partial charge is 0.256 e. The number of aromatic nitrogens is 3. The number of allylic oxidation sites excluding steroid dienone is 4. The maximum Gasteiger partial charge on any atom is 0.256 e. The van der Waals surface area contributed by atoms with Crippen LogP contribution in [0.2, 0.25) is 0 Å². The van der Waals surface area contributed by atoms with Crippen LogP contribution in [0.5, 0.6) is 11.5 Å². The van der Waals surface area contributed by atoms with Crippen molar-refractivity contribution in [1.82, 2.24) is 18.9 Å². The Morgan fingerprint density at radius 2 is 1.92 bits per heavy atom. The van der Waals surface area contributed by atoms with Gasteiger partial charge in [-0.05, 0) is 68.2 Å². The third-order valence-corrected chi connectivity index (χ3v) is 10.1. The monoisotopic (exact) mass is 567 g/mol. The molecule has 2 aliphatic heterocycles. The molecule has 1 fully saturated rings. The number of amides is 1. The molecule has 2 atom stereocenters. The molecule has 1 amide bonds. The second kappa shape index (κ2) is 10.4. The van der Waals surface area contributed by atoms with Crippen molar-refractivity contribution in [3.05, 3.63) is 48.1 Å². The minimum Gasteiger partial charge on any atom is -0.454 e. The summed E-state index contributed by atoms with van der Waals surface area (Å²) < 4.78 is 39.0. The van der Waals surface area contributed by atoms with Crippen LogP contribution in [0, 0.1) is 6.92 Å². The molecule has 4 heterocycles. The summed E-state index contributed by atoms with van der Waals surface area (Å²) in [6.45, 7) is 4.79. The summed E-state index contributed by atoms with van der Waals surface area (Å²) in [6.07, 6.45) is 10.2. The third kappa shape index (κ3) is 4.86. The lowest BCUT2D eigenvalue weighted by molar-refractivity contribution is -0.115. The first-order valence-electron chi connectivity index (χ1n) is 12.9. The Labute approximate surface area is 230 Å². The summed E-state index contributed by atoms with van der Waals surface area (Å²) >= 11 is 1.25. The van der Waals surface area contributed by atoms with Gasteiger partial charge in [0, 0.05) is 24.0 Å². The van der Waals surface area contributed by atoms with Crippen LogP contribution >= 0.6 is 11.8 Å². The highest BCUT2D eigenvalue weighted by atomic mass is 32.2. The number of rotatable bonds is 5. The SMILES string of the molecule is CC[C@@H]1CCCCN1S(=O)(O)=C1C=CC(=NC(=O)CSc2nnc3c(C)cc4cc5c(cc4n23)OCO5)C=C1. The minimum absolute atomic E-state index is 0.0607. The van der Waals surface area contributed by atoms with Crippen LogP contribution in [0.4, 0.5) is 0 Å². The summed E-state index contributed by atoms with van der Waals surface area (Å²) in [5.41, 5.74) is 2.95. The Morgan fingerprint density at radius 1 is 1.15 bits per heavy atom. The molecule has 6 rings (SSSR count). The predicted octanol–water partition coefficient (Wildman–Crippen LogP) is 4.21. The molecule has 0 spiro atoms. The molecular weight excluding hydrogens is 538 g/mol. The first-order valence-corrected chi connectivity index (χ1v) is 15.4. The largest absolute Gasteiger partial charge is 0.454 e. The van der Waals surface area contributed by atoms with Crippen LogP contribution in [0.25, 0.3) is 16.6 Å². The summed E-state index contributed by atoms with van der Waals surface area (Å²) in [5.74, 6) is 1.07. The molecule has 3 aliphatic rings. The molecule has 0 bridgehead atoms. The number of hydrogen-bond donors (Lipinski definition) is 1. The van der Waals surface area contributed by atoms with Gasteiger partial charge in [0.15, 0.2) is 32.3 Å². The Bertz CT molecular complexity index is 1680. The first kappa shape index (κ1) is 26.1. The molecule has 1 aliphatic carbocycles.